The normalized spacial score (nSPS) is 13.8. The van der Waals surface area contributed by atoms with Gasteiger partial charge in [0.15, 0.2) is 11.6 Å². The molecule has 0 saturated heterocycles. The Morgan fingerprint density at radius 3 is 2.39 bits per heavy atom. The van der Waals surface area contributed by atoms with Crippen LogP contribution in [-0.2, 0) is 26.5 Å². The summed E-state index contributed by atoms with van der Waals surface area (Å²) in [6.45, 7) is 7.63. The quantitative estimate of drug-likeness (QED) is 0.245. The fourth-order valence-corrected chi connectivity index (χ4v) is 5.41. The fraction of sp³-hybridized carbons (Fsp3) is 0.393. The summed E-state index contributed by atoms with van der Waals surface area (Å²) in [5.41, 5.74) is 3.96. The monoisotopic (exact) mass is 581 g/mol. The van der Waals surface area contributed by atoms with Crippen molar-refractivity contribution in [3.63, 3.8) is 0 Å². The van der Waals surface area contributed by atoms with Gasteiger partial charge in [0, 0.05) is 44.5 Å². The van der Waals surface area contributed by atoms with Gasteiger partial charge in [0.2, 0.25) is 5.62 Å². The van der Waals surface area contributed by atoms with E-state index in [1.165, 1.54) is 11.6 Å². The lowest BCUT2D eigenvalue weighted by atomic mass is 10.1. The zero-order chi connectivity index (χ0) is 29.7. The highest BCUT2D eigenvalue weighted by atomic mass is 32.2. The maximum absolute atomic E-state index is 14.0. The molecule has 3 aromatic heterocycles. The lowest BCUT2D eigenvalue weighted by Gasteiger charge is -2.21. The van der Waals surface area contributed by atoms with Crippen LogP contribution in [0, 0.1) is 20.8 Å². The largest absolute Gasteiger partial charge is 0.495 e. The van der Waals surface area contributed by atoms with Crippen molar-refractivity contribution in [2.45, 2.75) is 39.0 Å². The number of ether oxygens (including phenoxy) is 3. The van der Waals surface area contributed by atoms with Crippen LogP contribution in [0.4, 0.5) is 0 Å². The zero-order valence-corrected chi connectivity index (χ0v) is 25.1. The van der Waals surface area contributed by atoms with E-state index < -0.39 is 21.4 Å². The molecule has 0 aliphatic carbocycles. The van der Waals surface area contributed by atoms with E-state index in [2.05, 4.69) is 24.4 Å². The summed E-state index contributed by atoms with van der Waals surface area (Å²) in [6.07, 6.45) is 5.65. The van der Waals surface area contributed by atoms with Crippen molar-refractivity contribution in [3.8, 4) is 22.8 Å². The van der Waals surface area contributed by atoms with Gasteiger partial charge in [-0.1, -0.05) is 12.1 Å². The number of sulfonamides is 1. The second-order valence-electron chi connectivity index (χ2n) is 9.67. The molecule has 3 heterocycles. The molecule has 0 radical (unpaired) electrons. The van der Waals surface area contributed by atoms with E-state index >= 15 is 0 Å². The van der Waals surface area contributed by atoms with Crippen LogP contribution in [0.5, 0.6) is 5.75 Å². The van der Waals surface area contributed by atoms with Crippen LogP contribution >= 0.6 is 0 Å². The lowest BCUT2D eigenvalue weighted by Crippen LogP contribution is -2.33. The van der Waals surface area contributed by atoms with Crippen LogP contribution < -0.4 is 10.4 Å². The van der Waals surface area contributed by atoms with Gasteiger partial charge < -0.3 is 14.2 Å². The molecule has 41 heavy (non-hydrogen) atoms. The standard InChI is InChI=1S/C28H35N7O5S/c1-18-13-22(17-29-14-18)27-32-34(5)28(35(27)24-20(3)9-8-10-23(24)39-7)33-41(36,37)21(4)25(40-12-11-38-6)26-30-15-19(2)16-31-26/h8-10,13-17,21,25H,11-12H2,1-7H3/b33-28+/t21-,25-/m0/s1. The van der Waals surface area contributed by atoms with Crippen molar-refractivity contribution in [2.75, 3.05) is 27.4 Å². The minimum atomic E-state index is -4.23. The zero-order valence-electron chi connectivity index (χ0n) is 24.3. The number of benzene rings is 1. The molecule has 0 aliphatic rings. The summed E-state index contributed by atoms with van der Waals surface area (Å²) in [7, 11) is 0.510. The molecule has 0 saturated carbocycles. The Morgan fingerprint density at radius 1 is 1.00 bits per heavy atom. The molecule has 0 fully saturated rings. The Labute approximate surface area is 239 Å². The average molecular weight is 582 g/mol. The molecule has 1 aromatic carbocycles. The number of methoxy groups -OCH3 is 2. The predicted molar refractivity (Wildman–Crippen MR) is 153 cm³/mol. The summed E-state index contributed by atoms with van der Waals surface area (Å²) in [6, 6.07) is 7.49. The number of hydrogen-bond acceptors (Lipinski definition) is 9. The van der Waals surface area contributed by atoms with Gasteiger partial charge in [-0.15, -0.1) is 4.40 Å². The molecular weight excluding hydrogens is 546 g/mol. The topological polar surface area (TPSA) is 136 Å². The minimum Gasteiger partial charge on any atom is -0.495 e. The van der Waals surface area contributed by atoms with Gasteiger partial charge in [0.25, 0.3) is 10.0 Å². The van der Waals surface area contributed by atoms with E-state index in [-0.39, 0.29) is 24.7 Å². The predicted octanol–water partition coefficient (Wildman–Crippen LogP) is 3.02. The van der Waals surface area contributed by atoms with Gasteiger partial charge >= 0.3 is 0 Å². The van der Waals surface area contributed by atoms with Crippen LogP contribution in [0.3, 0.4) is 0 Å². The molecule has 0 N–H and O–H groups in total. The first-order valence-electron chi connectivity index (χ1n) is 13.0. The van der Waals surface area contributed by atoms with Crippen molar-refractivity contribution in [2.24, 2.45) is 11.4 Å². The fourth-order valence-electron chi connectivity index (χ4n) is 4.31. The van der Waals surface area contributed by atoms with E-state index in [9.17, 15) is 8.42 Å². The maximum atomic E-state index is 14.0. The van der Waals surface area contributed by atoms with Crippen LogP contribution in [0.25, 0.3) is 17.1 Å². The number of rotatable bonds is 11. The molecular formula is C28H35N7O5S. The Hall–Kier alpha value is -3.94. The summed E-state index contributed by atoms with van der Waals surface area (Å²) in [5, 5.41) is 3.54. The maximum Gasteiger partial charge on any atom is 0.262 e. The van der Waals surface area contributed by atoms with Crippen molar-refractivity contribution < 1.29 is 22.6 Å². The molecule has 218 valence electrons. The van der Waals surface area contributed by atoms with Crippen LogP contribution in [0.1, 0.15) is 35.5 Å². The molecule has 0 bridgehead atoms. The number of aromatic nitrogens is 6. The van der Waals surface area contributed by atoms with Gasteiger partial charge in [-0.25, -0.2) is 23.1 Å². The Bertz CT molecular complexity index is 1680. The highest BCUT2D eigenvalue weighted by molar-refractivity contribution is 7.90. The van der Waals surface area contributed by atoms with Crippen molar-refractivity contribution >= 4 is 10.0 Å². The lowest BCUT2D eigenvalue weighted by molar-refractivity contribution is 0.0118. The molecule has 0 unspecified atom stereocenters. The van der Waals surface area contributed by atoms with Crippen molar-refractivity contribution in [1.82, 2.24) is 29.3 Å². The van der Waals surface area contributed by atoms with Crippen LogP contribution in [-0.4, -0.2) is 70.4 Å². The first-order chi connectivity index (χ1) is 19.6. The van der Waals surface area contributed by atoms with E-state index in [1.807, 2.05) is 39.0 Å². The number of para-hydroxylation sites is 1. The third-order valence-corrected chi connectivity index (χ3v) is 8.07. The smallest absolute Gasteiger partial charge is 0.262 e. The van der Waals surface area contributed by atoms with Gasteiger partial charge in [-0.2, -0.15) is 5.10 Å². The minimum absolute atomic E-state index is 0.0708. The molecule has 4 rings (SSSR count). The molecule has 13 heteroatoms. The highest BCUT2D eigenvalue weighted by Crippen LogP contribution is 2.30. The van der Waals surface area contributed by atoms with E-state index in [0.29, 0.717) is 22.8 Å². The Kier molecular flexibility index (Phi) is 9.31. The van der Waals surface area contributed by atoms with E-state index in [1.54, 1.807) is 56.7 Å². The molecule has 2 atom stereocenters. The number of pyridine rings is 1. The molecule has 0 amide bonds. The Morgan fingerprint density at radius 2 is 1.73 bits per heavy atom. The van der Waals surface area contributed by atoms with Crippen LogP contribution in [0.2, 0.25) is 0 Å². The van der Waals surface area contributed by atoms with Crippen molar-refractivity contribution in [3.05, 3.63) is 77.2 Å². The van der Waals surface area contributed by atoms with Crippen molar-refractivity contribution in [1.29, 1.82) is 0 Å². The second kappa shape index (κ2) is 12.7. The second-order valence-corrected chi connectivity index (χ2v) is 11.6. The average Bonchev–Trinajstić information content (AvgIpc) is 3.26. The first-order valence-corrected chi connectivity index (χ1v) is 14.5. The summed E-state index contributed by atoms with van der Waals surface area (Å²) >= 11 is 0. The van der Waals surface area contributed by atoms with E-state index in [4.69, 9.17) is 14.2 Å². The Balaban J connectivity index is 1.94. The summed E-state index contributed by atoms with van der Waals surface area (Å²) in [4.78, 5) is 13.0. The molecule has 0 aliphatic heterocycles. The highest BCUT2D eigenvalue weighted by Gasteiger charge is 2.34. The van der Waals surface area contributed by atoms with Gasteiger partial charge in [0.1, 0.15) is 17.1 Å². The first kappa shape index (κ1) is 30.0. The number of nitrogens with zero attached hydrogens (tertiary/aromatic N) is 7. The van der Waals surface area contributed by atoms with Gasteiger partial charge in [0.05, 0.1) is 26.0 Å². The third-order valence-electron chi connectivity index (χ3n) is 6.47. The van der Waals surface area contributed by atoms with Crippen LogP contribution in [0.15, 0.2) is 53.5 Å². The molecule has 0 spiro atoms. The number of aryl methyl sites for hydroxylation is 4. The molecule has 12 nitrogen and oxygen atoms in total. The summed E-state index contributed by atoms with van der Waals surface area (Å²) < 4.78 is 52.1. The van der Waals surface area contributed by atoms with Gasteiger partial charge in [-0.05, 0) is 56.5 Å². The summed E-state index contributed by atoms with van der Waals surface area (Å²) in [5.74, 6) is 1.22. The third kappa shape index (κ3) is 6.53. The number of hydrogen-bond donors (Lipinski definition) is 0. The SMILES string of the molecule is COCCO[C@H](c1ncc(C)cn1)[C@H](C)S(=O)(=O)/N=c1\n(C)nc(-c2cncc(C)c2)n1-c1c(C)cccc1OC. The van der Waals surface area contributed by atoms with E-state index in [0.717, 1.165) is 16.7 Å². The van der Waals surface area contributed by atoms with Gasteiger partial charge in [-0.3, -0.25) is 9.55 Å². The molecule has 4 aromatic rings.